The predicted molar refractivity (Wildman–Crippen MR) is 83.0 cm³/mol. The van der Waals surface area contributed by atoms with Gasteiger partial charge in [-0.1, -0.05) is 44.2 Å². The summed E-state index contributed by atoms with van der Waals surface area (Å²) in [5.74, 6) is 0.894. The summed E-state index contributed by atoms with van der Waals surface area (Å²) in [4.78, 5) is 0. The Morgan fingerprint density at radius 1 is 1.10 bits per heavy atom. The van der Waals surface area contributed by atoms with E-state index >= 15 is 0 Å². The number of benzene rings is 2. The zero-order valence-corrected chi connectivity index (χ0v) is 12.5. The smallest absolute Gasteiger partial charge is 0.189 e. The molecule has 0 amide bonds. The highest BCUT2D eigenvalue weighted by Gasteiger charge is 2.09. The Balaban J connectivity index is 2.31. The van der Waals surface area contributed by atoms with Crippen molar-refractivity contribution < 1.29 is 9.47 Å². The van der Waals surface area contributed by atoms with Gasteiger partial charge in [-0.2, -0.15) is 0 Å². The second-order valence-corrected chi connectivity index (χ2v) is 5.05. The molecule has 0 heterocycles. The average molecular weight is 273 g/mol. The Hall–Kier alpha value is -1.58. The van der Waals surface area contributed by atoms with Crippen molar-refractivity contribution >= 4 is 10.8 Å². The quantitative estimate of drug-likeness (QED) is 0.616. The Bertz CT molecular complexity index is 552. The van der Waals surface area contributed by atoms with Gasteiger partial charge in [0.2, 0.25) is 0 Å². The summed E-state index contributed by atoms with van der Waals surface area (Å²) in [6.45, 7) is 8.00. The van der Waals surface area contributed by atoms with Crippen molar-refractivity contribution in [2.45, 2.75) is 33.4 Å². The second kappa shape index (κ2) is 7.27. The van der Waals surface area contributed by atoms with Crippen molar-refractivity contribution in [3.63, 3.8) is 0 Å². The van der Waals surface area contributed by atoms with E-state index in [0.29, 0.717) is 19.4 Å². The normalized spacial score (nSPS) is 11.2. The van der Waals surface area contributed by atoms with Crippen LogP contribution in [0.1, 0.15) is 26.3 Å². The first-order valence-corrected chi connectivity index (χ1v) is 7.17. The van der Waals surface area contributed by atoms with E-state index in [-0.39, 0.29) is 0 Å². The molecule has 0 fully saturated rings. The molecule has 0 saturated heterocycles. The lowest BCUT2D eigenvalue weighted by atomic mass is 10.0. The molecule has 2 rings (SSSR count). The fraction of sp³-hybridized carbons (Fsp3) is 0.412. The molecule has 3 heteroatoms. The van der Waals surface area contributed by atoms with Gasteiger partial charge < -0.3 is 14.8 Å². The summed E-state index contributed by atoms with van der Waals surface area (Å²) >= 11 is 0. The van der Waals surface area contributed by atoms with E-state index in [0.717, 1.165) is 12.3 Å². The van der Waals surface area contributed by atoms with Gasteiger partial charge in [-0.3, -0.25) is 0 Å². The van der Waals surface area contributed by atoms with Gasteiger partial charge in [0.25, 0.3) is 0 Å². The molecule has 1 N–H and O–H groups in total. The van der Waals surface area contributed by atoms with Crippen LogP contribution in [0, 0.1) is 0 Å². The van der Waals surface area contributed by atoms with Crippen molar-refractivity contribution in [3.05, 3.63) is 42.0 Å². The van der Waals surface area contributed by atoms with Crippen LogP contribution >= 0.6 is 0 Å². The monoisotopic (exact) mass is 273 g/mol. The SMILES string of the molecule is CCOCOc1ccc2ccccc2c1CNC(C)C. The van der Waals surface area contributed by atoms with E-state index < -0.39 is 0 Å². The van der Waals surface area contributed by atoms with Crippen LogP contribution < -0.4 is 10.1 Å². The highest BCUT2D eigenvalue weighted by Crippen LogP contribution is 2.28. The summed E-state index contributed by atoms with van der Waals surface area (Å²) in [5, 5.41) is 5.93. The number of hydrogen-bond donors (Lipinski definition) is 1. The van der Waals surface area contributed by atoms with Crippen LogP contribution in [0.15, 0.2) is 36.4 Å². The van der Waals surface area contributed by atoms with Crippen LogP contribution in [0.5, 0.6) is 5.75 Å². The van der Waals surface area contributed by atoms with Crippen molar-refractivity contribution in [1.29, 1.82) is 0 Å². The van der Waals surface area contributed by atoms with Crippen LogP contribution in [0.3, 0.4) is 0 Å². The Morgan fingerprint density at radius 3 is 2.65 bits per heavy atom. The minimum Gasteiger partial charge on any atom is -0.467 e. The third-order valence-electron chi connectivity index (χ3n) is 3.19. The molecule has 0 aromatic heterocycles. The lowest BCUT2D eigenvalue weighted by Crippen LogP contribution is -2.22. The largest absolute Gasteiger partial charge is 0.467 e. The van der Waals surface area contributed by atoms with Crippen LogP contribution in [-0.2, 0) is 11.3 Å². The van der Waals surface area contributed by atoms with Crippen molar-refractivity contribution in [2.75, 3.05) is 13.4 Å². The third kappa shape index (κ3) is 3.71. The summed E-state index contributed by atoms with van der Waals surface area (Å²) in [7, 11) is 0. The third-order valence-corrected chi connectivity index (χ3v) is 3.19. The molecule has 0 aliphatic heterocycles. The highest BCUT2D eigenvalue weighted by molar-refractivity contribution is 5.87. The number of hydrogen-bond acceptors (Lipinski definition) is 3. The standard InChI is InChI=1S/C17H23NO2/c1-4-19-12-20-17-10-9-14-7-5-6-8-15(14)16(17)11-18-13(2)3/h5-10,13,18H,4,11-12H2,1-3H3. The average Bonchev–Trinajstić information content (AvgIpc) is 2.45. The second-order valence-electron chi connectivity index (χ2n) is 5.05. The van der Waals surface area contributed by atoms with Crippen molar-refractivity contribution in [2.24, 2.45) is 0 Å². The fourth-order valence-electron chi connectivity index (χ4n) is 2.13. The van der Waals surface area contributed by atoms with E-state index in [2.05, 4.69) is 49.5 Å². The Kier molecular flexibility index (Phi) is 5.39. The van der Waals surface area contributed by atoms with Gasteiger partial charge in [0, 0.05) is 24.8 Å². The molecule has 0 aliphatic rings. The molecule has 20 heavy (non-hydrogen) atoms. The van der Waals surface area contributed by atoms with Crippen LogP contribution in [0.25, 0.3) is 10.8 Å². The van der Waals surface area contributed by atoms with Gasteiger partial charge in [-0.25, -0.2) is 0 Å². The topological polar surface area (TPSA) is 30.5 Å². The molecule has 0 bridgehead atoms. The molecule has 108 valence electrons. The molecule has 0 saturated carbocycles. The first-order chi connectivity index (χ1) is 9.72. The van der Waals surface area contributed by atoms with Crippen molar-refractivity contribution in [3.8, 4) is 5.75 Å². The van der Waals surface area contributed by atoms with E-state index in [1.807, 2.05) is 13.0 Å². The molecule has 2 aromatic carbocycles. The lowest BCUT2D eigenvalue weighted by molar-refractivity contribution is 0.0219. The van der Waals surface area contributed by atoms with Gasteiger partial charge in [0.1, 0.15) is 5.75 Å². The van der Waals surface area contributed by atoms with Gasteiger partial charge in [-0.15, -0.1) is 0 Å². The molecular weight excluding hydrogens is 250 g/mol. The van der Waals surface area contributed by atoms with Gasteiger partial charge >= 0.3 is 0 Å². The zero-order chi connectivity index (χ0) is 14.4. The van der Waals surface area contributed by atoms with E-state index in [4.69, 9.17) is 9.47 Å². The maximum absolute atomic E-state index is 5.76. The summed E-state index contributed by atoms with van der Waals surface area (Å²) in [5.41, 5.74) is 1.19. The maximum Gasteiger partial charge on any atom is 0.189 e. The van der Waals surface area contributed by atoms with Crippen LogP contribution in [0.2, 0.25) is 0 Å². The van der Waals surface area contributed by atoms with Crippen LogP contribution in [0.4, 0.5) is 0 Å². The number of ether oxygens (including phenoxy) is 2. The number of fused-ring (bicyclic) bond motifs is 1. The molecular formula is C17H23NO2. The summed E-state index contributed by atoms with van der Waals surface area (Å²) in [6.07, 6.45) is 0. The number of rotatable bonds is 7. The minimum absolute atomic E-state index is 0.295. The van der Waals surface area contributed by atoms with E-state index in [9.17, 15) is 0 Å². The van der Waals surface area contributed by atoms with E-state index in [1.165, 1.54) is 16.3 Å². The summed E-state index contributed by atoms with van der Waals surface area (Å²) in [6, 6.07) is 12.9. The molecule has 2 aromatic rings. The Morgan fingerprint density at radius 2 is 1.90 bits per heavy atom. The van der Waals surface area contributed by atoms with Gasteiger partial charge in [0.15, 0.2) is 6.79 Å². The van der Waals surface area contributed by atoms with Crippen LogP contribution in [-0.4, -0.2) is 19.4 Å². The fourth-order valence-corrected chi connectivity index (χ4v) is 2.13. The lowest BCUT2D eigenvalue weighted by Gasteiger charge is -2.16. The summed E-state index contributed by atoms with van der Waals surface area (Å²) < 4.78 is 11.0. The molecule has 0 aliphatic carbocycles. The van der Waals surface area contributed by atoms with E-state index in [1.54, 1.807) is 0 Å². The molecule has 0 radical (unpaired) electrons. The Labute approximate surface area is 120 Å². The minimum atomic E-state index is 0.295. The maximum atomic E-state index is 5.76. The molecule has 0 spiro atoms. The van der Waals surface area contributed by atoms with Crippen molar-refractivity contribution in [1.82, 2.24) is 5.32 Å². The predicted octanol–water partition coefficient (Wildman–Crippen LogP) is 3.71. The molecule has 0 atom stereocenters. The number of nitrogens with one attached hydrogen (secondary N) is 1. The highest BCUT2D eigenvalue weighted by atomic mass is 16.7. The molecule has 0 unspecified atom stereocenters. The first kappa shape index (κ1) is 14.8. The molecule has 3 nitrogen and oxygen atoms in total. The zero-order valence-electron chi connectivity index (χ0n) is 12.5. The van der Waals surface area contributed by atoms with Gasteiger partial charge in [-0.05, 0) is 23.8 Å². The van der Waals surface area contributed by atoms with Gasteiger partial charge in [0.05, 0.1) is 0 Å². The first-order valence-electron chi connectivity index (χ1n) is 7.17.